The van der Waals surface area contributed by atoms with Crippen LogP contribution >= 0.6 is 0 Å². The Morgan fingerprint density at radius 3 is 2.65 bits per heavy atom. The number of nitrogens with one attached hydrogen (secondary N) is 1. The molecular formula is C19H22N4O3. The molecule has 136 valence electrons. The molecule has 3 rings (SSSR count). The summed E-state index contributed by atoms with van der Waals surface area (Å²) < 4.78 is 10.5. The first-order valence-corrected chi connectivity index (χ1v) is 8.68. The van der Waals surface area contributed by atoms with Crippen LogP contribution in [0.5, 0.6) is 0 Å². The molecule has 0 aliphatic rings. The number of carbonyl (C=O) groups is 1. The fraction of sp³-hybridized carbons (Fsp3) is 0.368. The van der Waals surface area contributed by atoms with Crippen molar-refractivity contribution in [3.63, 3.8) is 0 Å². The number of benzene rings is 1. The normalized spacial score (nSPS) is 11.1. The van der Waals surface area contributed by atoms with Gasteiger partial charge in [-0.05, 0) is 13.3 Å². The first kappa shape index (κ1) is 17.8. The van der Waals surface area contributed by atoms with Crippen molar-refractivity contribution in [1.29, 1.82) is 0 Å². The molecule has 0 radical (unpaired) electrons. The van der Waals surface area contributed by atoms with Crippen molar-refractivity contribution in [2.75, 3.05) is 6.54 Å². The summed E-state index contributed by atoms with van der Waals surface area (Å²) in [6.07, 6.45) is 1.29. The highest BCUT2D eigenvalue weighted by atomic mass is 16.5. The van der Waals surface area contributed by atoms with Crippen LogP contribution in [-0.2, 0) is 6.42 Å². The second-order valence-electron chi connectivity index (χ2n) is 6.40. The molecule has 1 N–H and O–H groups in total. The summed E-state index contributed by atoms with van der Waals surface area (Å²) in [6, 6.07) is 9.66. The molecule has 0 aliphatic heterocycles. The zero-order valence-corrected chi connectivity index (χ0v) is 15.2. The summed E-state index contributed by atoms with van der Waals surface area (Å²) in [7, 11) is 0. The van der Waals surface area contributed by atoms with Crippen LogP contribution in [0, 0.1) is 6.92 Å². The minimum Gasteiger partial charge on any atom is -0.360 e. The lowest BCUT2D eigenvalue weighted by Gasteiger charge is -2.06. The van der Waals surface area contributed by atoms with Crippen molar-refractivity contribution in [3.8, 4) is 11.4 Å². The molecule has 3 aromatic rings. The number of aromatic nitrogens is 3. The highest BCUT2D eigenvalue weighted by Gasteiger charge is 2.22. The first-order valence-electron chi connectivity index (χ1n) is 8.68. The average molecular weight is 354 g/mol. The first-order chi connectivity index (χ1) is 12.6. The predicted octanol–water partition coefficient (Wildman–Crippen LogP) is 3.52. The van der Waals surface area contributed by atoms with Crippen LogP contribution in [0.3, 0.4) is 0 Å². The van der Waals surface area contributed by atoms with Gasteiger partial charge < -0.3 is 14.4 Å². The molecule has 0 saturated carbocycles. The lowest BCUT2D eigenvalue weighted by atomic mass is 10.0. The molecule has 0 unspecified atom stereocenters. The number of hydrogen-bond acceptors (Lipinski definition) is 6. The van der Waals surface area contributed by atoms with E-state index in [1.165, 1.54) is 0 Å². The predicted molar refractivity (Wildman–Crippen MR) is 95.7 cm³/mol. The topological polar surface area (TPSA) is 94.1 Å². The van der Waals surface area contributed by atoms with Gasteiger partial charge in [-0.15, -0.1) is 0 Å². The Kier molecular flexibility index (Phi) is 5.46. The van der Waals surface area contributed by atoms with E-state index in [4.69, 9.17) is 9.05 Å². The number of nitrogens with zero attached hydrogens (tertiary/aromatic N) is 3. The Balaban J connectivity index is 1.51. The van der Waals surface area contributed by atoms with Gasteiger partial charge in [0.05, 0.1) is 5.69 Å². The summed E-state index contributed by atoms with van der Waals surface area (Å²) in [5, 5.41) is 10.8. The molecule has 0 atom stereocenters. The number of hydrogen-bond donors (Lipinski definition) is 1. The fourth-order valence-electron chi connectivity index (χ4n) is 2.65. The molecule has 0 fully saturated rings. The van der Waals surface area contributed by atoms with Crippen molar-refractivity contribution < 1.29 is 13.8 Å². The van der Waals surface area contributed by atoms with Crippen LogP contribution in [0.1, 0.15) is 53.9 Å². The smallest absolute Gasteiger partial charge is 0.256 e. The van der Waals surface area contributed by atoms with Gasteiger partial charge in [-0.1, -0.05) is 54.5 Å². The van der Waals surface area contributed by atoms with Crippen LogP contribution in [-0.4, -0.2) is 27.7 Å². The lowest BCUT2D eigenvalue weighted by molar-refractivity contribution is 0.0950. The van der Waals surface area contributed by atoms with E-state index in [-0.39, 0.29) is 11.8 Å². The zero-order chi connectivity index (χ0) is 18.5. The minimum absolute atomic E-state index is 0.103. The van der Waals surface area contributed by atoms with Crippen molar-refractivity contribution in [2.45, 2.75) is 39.5 Å². The SMILES string of the molecule is Cc1noc(C(C)C)c1C(=O)NCCCc1nc(-c2ccccc2)no1. The quantitative estimate of drug-likeness (QED) is 0.652. The Bertz CT molecular complexity index is 868. The van der Waals surface area contributed by atoms with Gasteiger partial charge in [0.2, 0.25) is 11.7 Å². The maximum Gasteiger partial charge on any atom is 0.256 e. The zero-order valence-electron chi connectivity index (χ0n) is 15.2. The van der Waals surface area contributed by atoms with E-state index in [0.717, 1.165) is 5.56 Å². The third-order valence-corrected chi connectivity index (χ3v) is 3.99. The molecule has 0 bridgehead atoms. The molecule has 26 heavy (non-hydrogen) atoms. The van der Waals surface area contributed by atoms with Gasteiger partial charge >= 0.3 is 0 Å². The second kappa shape index (κ2) is 7.95. The molecular weight excluding hydrogens is 332 g/mol. The molecule has 7 heteroatoms. The minimum atomic E-state index is -0.164. The Morgan fingerprint density at radius 1 is 1.15 bits per heavy atom. The summed E-state index contributed by atoms with van der Waals surface area (Å²) in [5.74, 6) is 1.69. The van der Waals surface area contributed by atoms with E-state index in [1.807, 2.05) is 44.2 Å². The standard InChI is InChI=1S/C19H22N4O3/c1-12(2)17-16(13(3)22-26-17)19(24)20-11-7-10-15-21-18(23-25-15)14-8-5-4-6-9-14/h4-6,8-9,12H,7,10-11H2,1-3H3,(H,20,24). The molecule has 1 amide bonds. The largest absolute Gasteiger partial charge is 0.360 e. The highest BCUT2D eigenvalue weighted by Crippen LogP contribution is 2.22. The van der Waals surface area contributed by atoms with Gasteiger partial charge in [-0.2, -0.15) is 4.98 Å². The van der Waals surface area contributed by atoms with Gasteiger partial charge in [-0.3, -0.25) is 4.79 Å². The summed E-state index contributed by atoms with van der Waals surface area (Å²) in [6.45, 7) is 6.21. The summed E-state index contributed by atoms with van der Waals surface area (Å²) >= 11 is 0. The Labute approximate surface area is 151 Å². The maximum absolute atomic E-state index is 12.4. The van der Waals surface area contributed by atoms with Crippen LogP contribution < -0.4 is 5.32 Å². The van der Waals surface area contributed by atoms with Gasteiger partial charge in [-0.25, -0.2) is 0 Å². The van der Waals surface area contributed by atoms with E-state index in [0.29, 0.717) is 48.1 Å². The number of amides is 1. The number of aryl methyl sites for hydroxylation is 2. The third kappa shape index (κ3) is 3.99. The van der Waals surface area contributed by atoms with Gasteiger partial charge in [0.1, 0.15) is 5.56 Å². The molecule has 1 aromatic carbocycles. The monoisotopic (exact) mass is 354 g/mol. The second-order valence-corrected chi connectivity index (χ2v) is 6.40. The Hall–Kier alpha value is -2.96. The van der Waals surface area contributed by atoms with E-state index >= 15 is 0 Å². The van der Waals surface area contributed by atoms with Crippen LogP contribution in [0.4, 0.5) is 0 Å². The van der Waals surface area contributed by atoms with Crippen molar-refractivity contribution >= 4 is 5.91 Å². The molecule has 2 aromatic heterocycles. The van der Waals surface area contributed by atoms with Gasteiger partial charge in [0.15, 0.2) is 5.76 Å². The van der Waals surface area contributed by atoms with E-state index in [2.05, 4.69) is 20.6 Å². The average Bonchev–Trinajstić information content (AvgIpc) is 3.26. The Morgan fingerprint density at radius 2 is 1.92 bits per heavy atom. The van der Waals surface area contributed by atoms with Gasteiger partial charge in [0.25, 0.3) is 5.91 Å². The van der Waals surface area contributed by atoms with E-state index < -0.39 is 0 Å². The third-order valence-electron chi connectivity index (χ3n) is 3.99. The lowest BCUT2D eigenvalue weighted by Crippen LogP contribution is -2.26. The fourth-order valence-corrected chi connectivity index (χ4v) is 2.65. The number of carbonyl (C=O) groups excluding carboxylic acids is 1. The van der Waals surface area contributed by atoms with Crippen LogP contribution in [0.2, 0.25) is 0 Å². The summed E-state index contributed by atoms with van der Waals surface area (Å²) in [4.78, 5) is 16.8. The molecule has 7 nitrogen and oxygen atoms in total. The van der Waals surface area contributed by atoms with Gasteiger partial charge in [0, 0.05) is 24.4 Å². The van der Waals surface area contributed by atoms with Crippen LogP contribution in [0.25, 0.3) is 11.4 Å². The summed E-state index contributed by atoms with van der Waals surface area (Å²) in [5.41, 5.74) is 2.06. The van der Waals surface area contributed by atoms with Crippen LogP contribution in [0.15, 0.2) is 39.4 Å². The molecule has 0 aliphatic carbocycles. The van der Waals surface area contributed by atoms with Crippen molar-refractivity contribution in [1.82, 2.24) is 20.6 Å². The molecule has 0 spiro atoms. The highest BCUT2D eigenvalue weighted by molar-refractivity contribution is 5.96. The maximum atomic E-state index is 12.4. The van der Waals surface area contributed by atoms with Crippen molar-refractivity contribution in [3.05, 3.63) is 53.2 Å². The van der Waals surface area contributed by atoms with E-state index in [1.54, 1.807) is 6.92 Å². The molecule has 0 saturated heterocycles. The molecule has 2 heterocycles. The van der Waals surface area contributed by atoms with E-state index in [9.17, 15) is 4.79 Å². The number of rotatable bonds is 7. The van der Waals surface area contributed by atoms with Crippen molar-refractivity contribution in [2.24, 2.45) is 0 Å².